The molecule has 0 radical (unpaired) electrons. The molecule has 15 rings (SSSR count). The lowest BCUT2D eigenvalue weighted by atomic mass is 9.99. The number of para-hydroxylation sites is 6. The summed E-state index contributed by atoms with van der Waals surface area (Å²) in [5, 5.41) is 12.2. The summed E-state index contributed by atoms with van der Waals surface area (Å²) in [5.74, 6) is 0. The lowest BCUT2D eigenvalue weighted by Crippen LogP contribution is -1.95. The Morgan fingerprint density at radius 3 is 1.48 bits per heavy atom. The predicted octanol–water partition coefficient (Wildman–Crippen LogP) is 16.9. The van der Waals surface area contributed by atoms with Gasteiger partial charge in [-0.1, -0.05) is 127 Å². The Balaban J connectivity index is 0.946. The van der Waals surface area contributed by atoms with Crippen LogP contribution in [0.15, 0.2) is 217 Å². The molecular formula is C60H35N3OS. The minimum Gasteiger partial charge on any atom is -0.455 e. The molecule has 0 N–H and O–H groups in total. The third-order valence-corrected chi connectivity index (χ3v) is 15.0. The van der Waals surface area contributed by atoms with E-state index < -0.39 is 0 Å². The maximum Gasteiger partial charge on any atom is 0.143 e. The van der Waals surface area contributed by atoms with Gasteiger partial charge in [0.1, 0.15) is 11.2 Å². The number of rotatable bonds is 4. The third-order valence-electron chi connectivity index (χ3n) is 13.8. The molecule has 5 aromatic heterocycles. The maximum absolute atomic E-state index is 6.80. The van der Waals surface area contributed by atoms with Crippen molar-refractivity contribution in [2.24, 2.45) is 0 Å². The molecule has 5 heterocycles. The van der Waals surface area contributed by atoms with Crippen molar-refractivity contribution in [3.63, 3.8) is 0 Å². The summed E-state index contributed by atoms with van der Waals surface area (Å²) < 4.78 is 16.7. The fourth-order valence-electron chi connectivity index (χ4n) is 11.0. The highest BCUT2D eigenvalue weighted by molar-refractivity contribution is 7.26. The first-order valence-electron chi connectivity index (χ1n) is 22.2. The number of hydrogen-bond donors (Lipinski definition) is 0. The van der Waals surface area contributed by atoms with Crippen LogP contribution in [0, 0.1) is 0 Å². The first kappa shape index (κ1) is 35.1. The quantitative estimate of drug-likeness (QED) is 0.173. The van der Waals surface area contributed by atoms with E-state index in [-0.39, 0.29) is 0 Å². The topological polar surface area (TPSA) is 27.9 Å². The van der Waals surface area contributed by atoms with E-state index in [2.05, 4.69) is 226 Å². The number of benzene rings is 10. The Bertz CT molecular complexity index is 4390. The van der Waals surface area contributed by atoms with Gasteiger partial charge in [-0.05, 0) is 90.5 Å². The van der Waals surface area contributed by atoms with E-state index in [9.17, 15) is 0 Å². The minimum atomic E-state index is 0.888. The third kappa shape index (κ3) is 4.85. The van der Waals surface area contributed by atoms with Crippen LogP contribution in [0.1, 0.15) is 0 Å². The van der Waals surface area contributed by atoms with Crippen molar-refractivity contribution >= 4 is 119 Å². The van der Waals surface area contributed by atoms with Crippen molar-refractivity contribution in [2.75, 3.05) is 0 Å². The van der Waals surface area contributed by atoms with Crippen molar-refractivity contribution in [3.05, 3.63) is 212 Å². The first-order valence-corrected chi connectivity index (χ1v) is 23.0. The van der Waals surface area contributed by atoms with E-state index in [1.807, 2.05) is 11.3 Å². The number of thiophene rings is 1. The van der Waals surface area contributed by atoms with Crippen LogP contribution >= 0.6 is 11.3 Å². The van der Waals surface area contributed by atoms with Crippen LogP contribution in [-0.4, -0.2) is 13.7 Å². The number of furan rings is 1. The molecule has 0 aliphatic rings. The normalized spacial score (nSPS) is 12.3. The molecule has 0 amide bonds. The van der Waals surface area contributed by atoms with Crippen LogP contribution in [0.5, 0.6) is 0 Å². The Kier molecular flexibility index (Phi) is 7.07. The molecule has 10 aromatic carbocycles. The molecule has 0 aliphatic carbocycles. The zero-order valence-corrected chi connectivity index (χ0v) is 35.7. The lowest BCUT2D eigenvalue weighted by molar-refractivity contribution is 0.670. The SMILES string of the molecule is c1ccc2c(c1)oc1c(-c3ccc4c(c3)c3ccccc3n4-c3cccc4c3sc3ccc(-n5c6ccccc6c6ccccc65)cc34)cc(-n3c4ccccc4c4ccccc43)cc12. The summed E-state index contributed by atoms with van der Waals surface area (Å²) in [6.45, 7) is 0. The van der Waals surface area contributed by atoms with Crippen molar-refractivity contribution < 1.29 is 4.42 Å². The summed E-state index contributed by atoms with van der Waals surface area (Å²) in [5.41, 5.74) is 14.6. The average molecular weight is 846 g/mol. The van der Waals surface area contributed by atoms with E-state index in [1.54, 1.807) is 0 Å². The Labute approximate surface area is 375 Å². The highest BCUT2D eigenvalue weighted by Crippen LogP contribution is 2.45. The molecule has 302 valence electrons. The highest BCUT2D eigenvalue weighted by atomic mass is 32.1. The smallest absolute Gasteiger partial charge is 0.143 e. The molecule has 5 heteroatoms. The lowest BCUT2D eigenvalue weighted by Gasteiger charge is -2.12. The van der Waals surface area contributed by atoms with Crippen molar-refractivity contribution in [1.29, 1.82) is 0 Å². The Morgan fingerprint density at radius 1 is 0.323 bits per heavy atom. The Morgan fingerprint density at radius 2 is 0.831 bits per heavy atom. The van der Waals surface area contributed by atoms with Crippen LogP contribution in [0.4, 0.5) is 0 Å². The number of aromatic nitrogens is 3. The standard InChI is InChI=1S/C60H35N3OS/c1-7-21-50-39(14-1)40-15-2-8-22-51(40)61(50)37-29-31-58-48(33-37)45-20-13-26-56(60(45)65-58)63-54-25-11-5-18-43(54)47-32-36(28-30-55(47)63)46-34-38(35-49-44-19-6-12-27-57(44)64-59(46)49)62-52-23-9-3-16-41(52)42-17-4-10-24-53(42)62/h1-35H. The predicted molar refractivity (Wildman–Crippen MR) is 275 cm³/mol. The van der Waals surface area contributed by atoms with E-state index >= 15 is 0 Å². The van der Waals surface area contributed by atoms with Gasteiger partial charge in [0.25, 0.3) is 0 Å². The zero-order valence-electron chi connectivity index (χ0n) is 34.9. The second-order valence-corrected chi connectivity index (χ2v) is 18.3. The van der Waals surface area contributed by atoms with Gasteiger partial charge in [0.05, 0.1) is 43.5 Å². The van der Waals surface area contributed by atoms with Gasteiger partial charge in [0, 0.05) is 75.5 Å². The van der Waals surface area contributed by atoms with E-state index in [0.29, 0.717) is 0 Å². The molecule has 0 fully saturated rings. The molecule has 65 heavy (non-hydrogen) atoms. The summed E-state index contributed by atoms with van der Waals surface area (Å²) in [4.78, 5) is 0. The van der Waals surface area contributed by atoms with Gasteiger partial charge < -0.3 is 18.1 Å². The molecule has 0 atom stereocenters. The van der Waals surface area contributed by atoms with Gasteiger partial charge in [-0.25, -0.2) is 0 Å². The maximum atomic E-state index is 6.80. The van der Waals surface area contributed by atoms with Crippen LogP contribution in [0.3, 0.4) is 0 Å². The van der Waals surface area contributed by atoms with Gasteiger partial charge in [-0.15, -0.1) is 11.3 Å². The Hall–Kier alpha value is -8.38. The van der Waals surface area contributed by atoms with Crippen molar-refractivity contribution in [2.45, 2.75) is 0 Å². The fourth-order valence-corrected chi connectivity index (χ4v) is 12.2. The molecule has 0 saturated heterocycles. The number of fused-ring (bicyclic) bond motifs is 15. The van der Waals surface area contributed by atoms with Crippen LogP contribution in [0.2, 0.25) is 0 Å². The molecule has 4 nitrogen and oxygen atoms in total. The van der Waals surface area contributed by atoms with Gasteiger partial charge in [0.15, 0.2) is 0 Å². The van der Waals surface area contributed by atoms with Crippen molar-refractivity contribution in [3.8, 4) is 28.2 Å². The second kappa shape index (κ2) is 13.1. The molecule has 0 aliphatic heterocycles. The minimum absolute atomic E-state index is 0.888. The van der Waals surface area contributed by atoms with Crippen LogP contribution in [0.25, 0.3) is 136 Å². The van der Waals surface area contributed by atoms with E-state index in [1.165, 1.54) is 97.0 Å². The number of hydrogen-bond acceptors (Lipinski definition) is 2. The van der Waals surface area contributed by atoms with Gasteiger partial charge >= 0.3 is 0 Å². The molecule has 0 saturated carbocycles. The van der Waals surface area contributed by atoms with E-state index in [4.69, 9.17) is 4.42 Å². The van der Waals surface area contributed by atoms with Gasteiger partial charge in [0.2, 0.25) is 0 Å². The first-order chi connectivity index (χ1) is 32.2. The summed E-state index contributed by atoms with van der Waals surface area (Å²) in [6, 6.07) is 77.7. The molecular weight excluding hydrogens is 811 g/mol. The largest absolute Gasteiger partial charge is 0.455 e. The second-order valence-electron chi connectivity index (χ2n) is 17.2. The highest BCUT2D eigenvalue weighted by Gasteiger charge is 2.22. The molecule has 15 aromatic rings. The van der Waals surface area contributed by atoms with Gasteiger partial charge in [-0.2, -0.15) is 0 Å². The van der Waals surface area contributed by atoms with Crippen molar-refractivity contribution in [1.82, 2.24) is 13.7 Å². The van der Waals surface area contributed by atoms with Gasteiger partial charge in [-0.3, -0.25) is 0 Å². The van der Waals surface area contributed by atoms with Crippen LogP contribution < -0.4 is 0 Å². The summed E-state index contributed by atoms with van der Waals surface area (Å²) in [7, 11) is 0. The fraction of sp³-hybridized carbons (Fsp3) is 0. The summed E-state index contributed by atoms with van der Waals surface area (Å²) in [6.07, 6.45) is 0. The van der Waals surface area contributed by atoms with E-state index in [0.717, 1.165) is 38.8 Å². The monoisotopic (exact) mass is 845 g/mol. The molecule has 0 bridgehead atoms. The summed E-state index contributed by atoms with van der Waals surface area (Å²) >= 11 is 1.88. The molecule has 0 spiro atoms. The average Bonchev–Trinajstić information content (AvgIpc) is 4.17. The number of nitrogens with zero attached hydrogens (tertiary/aromatic N) is 3. The zero-order chi connectivity index (χ0) is 42.3. The van der Waals surface area contributed by atoms with Crippen LogP contribution in [-0.2, 0) is 0 Å². The molecule has 0 unspecified atom stereocenters.